The molecule has 1 saturated carbocycles. The summed E-state index contributed by atoms with van der Waals surface area (Å²) >= 11 is 3.55. The van der Waals surface area contributed by atoms with E-state index in [9.17, 15) is 0 Å². The molecule has 134 valence electrons. The monoisotopic (exact) mass is 405 g/mol. The molecule has 1 fully saturated rings. The van der Waals surface area contributed by atoms with Crippen molar-refractivity contribution in [1.82, 2.24) is 0 Å². The molecule has 25 heavy (non-hydrogen) atoms. The molecular weight excluding hydrogens is 382 g/mol. The Bertz CT molecular complexity index is 683. The van der Waals surface area contributed by atoms with Crippen LogP contribution in [0.2, 0.25) is 0 Å². The topological polar surface area (TPSA) is 80.4 Å². The van der Waals surface area contributed by atoms with E-state index in [1.807, 2.05) is 37.3 Å². The number of carbonyl (C=O) groups excluding carboxylic acids is 2. The summed E-state index contributed by atoms with van der Waals surface area (Å²) in [5.41, 5.74) is 9.46. The Balaban J connectivity index is 0.000000228. The Labute approximate surface area is 157 Å². The van der Waals surface area contributed by atoms with E-state index in [1.54, 1.807) is 0 Å². The summed E-state index contributed by atoms with van der Waals surface area (Å²) in [6, 6.07) is 16.6. The quantitative estimate of drug-likeness (QED) is 0.808. The zero-order chi connectivity index (χ0) is 18.8. The average molecular weight is 406 g/mol. The Morgan fingerprint density at radius 3 is 2.28 bits per heavy atom. The van der Waals surface area contributed by atoms with Crippen molar-refractivity contribution in [3.63, 3.8) is 0 Å². The molecule has 0 saturated heterocycles. The molecule has 3 N–H and O–H groups in total. The Morgan fingerprint density at radius 2 is 1.84 bits per heavy atom. The lowest BCUT2D eigenvalue weighted by Gasteiger charge is -2.04. The first-order valence-corrected chi connectivity index (χ1v) is 8.90. The van der Waals surface area contributed by atoms with E-state index in [0.29, 0.717) is 18.4 Å². The van der Waals surface area contributed by atoms with E-state index in [4.69, 9.17) is 20.4 Å². The molecule has 0 aromatic heterocycles. The third kappa shape index (κ3) is 7.32. The predicted octanol–water partition coefficient (Wildman–Crippen LogP) is 3.98. The number of halogens is 1. The molecule has 0 heterocycles. The van der Waals surface area contributed by atoms with Gasteiger partial charge < -0.3 is 10.8 Å². The zero-order valence-electron chi connectivity index (χ0n) is 14.5. The van der Waals surface area contributed by atoms with Gasteiger partial charge in [-0.2, -0.15) is 9.59 Å². The molecule has 0 bridgehead atoms. The first-order valence-electron chi connectivity index (χ1n) is 8.11. The SMILES string of the molecule is C[C@@H](N)c1ccccc1.Cc1ccc(Br)c([C@@H]2C[C@@H]2CO)c1.O=C=O. The summed E-state index contributed by atoms with van der Waals surface area (Å²) < 4.78 is 1.18. The van der Waals surface area contributed by atoms with Crippen LogP contribution in [0.25, 0.3) is 0 Å². The fourth-order valence-electron chi connectivity index (χ4n) is 2.53. The minimum Gasteiger partial charge on any atom is -0.396 e. The molecular formula is C20H24BrNO3. The first-order chi connectivity index (χ1) is 11.9. The van der Waals surface area contributed by atoms with Gasteiger partial charge in [0.2, 0.25) is 0 Å². The normalized spacial score (nSPS) is 18.6. The van der Waals surface area contributed by atoms with Gasteiger partial charge in [0.15, 0.2) is 0 Å². The molecule has 0 spiro atoms. The minimum atomic E-state index is 0.159. The largest absolute Gasteiger partial charge is 0.396 e. The molecule has 3 rings (SSSR count). The fraction of sp³-hybridized carbons (Fsp3) is 0.350. The lowest BCUT2D eigenvalue weighted by molar-refractivity contribution is -0.191. The average Bonchev–Trinajstić information content (AvgIpc) is 3.39. The number of hydrogen-bond acceptors (Lipinski definition) is 4. The van der Waals surface area contributed by atoms with Gasteiger partial charge in [-0.05, 0) is 49.3 Å². The van der Waals surface area contributed by atoms with Crippen molar-refractivity contribution in [2.24, 2.45) is 11.7 Å². The molecule has 0 unspecified atom stereocenters. The molecule has 0 radical (unpaired) electrons. The van der Waals surface area contributed by atoms with Gasteiger partial charge in [0.1, 0.15) is 0 Å². The number of hydrogen-bond donors (Lipinski definition) is 2. The van der Waals surface area contributed by atoms with Crippen LogP contribution < -0.4 is 5.73 Å². The smallest absolute Gasteiger partial charge is 0.373 e. The Hall–Kier alpha value is -1.78. The third-order valence-electron chi connectivity index (χ3n) is 4.03. The molecule has 1 aliphatic carbocycles. The summed E-state index contributed by atoms with van der Waals surface area (Å²) in [6.45, 7) is 4.41. The summed E-state index contributed by atoms with van der Waals surface area (Å²) in [5, 5.41) is 8.98. The third-order valence-corrected chi connectivity index (χ3v) is 4.76. The second-order valence-corrected chi connectivity index (χ2v) is 6.95. The summed E-state index contributed by atoms with van der Waals surface area (Å²) in [6.07, 6.45) is 1.39. The van der Waals surface area contributed by atoms with Crippen LogP contribution in [-0.2, 0) is 9.59 Å². The molecule has 3 atom stereocenters. The first kappa shape index (κ1) is 21.3. The van der Waals surface area contributed by atoms with Crippen molar-refractivity contribution >= 4 is 22.1 Å². The van der Waals surface area contributed by atoms with Gasteiger partial charge in [0.05, 0.1) is 0 Å². The fourth-order valence-corrected chi connectivity index (χ4v) is 3.07. The van der Waals surface area contributed by atoms with Crippen LogP contribution in [-0.4, -0.2) is 17.9 Å². The van der Waals surface area contributed by atoms with Crippen LogP contribution in [0.5, 0.6) is 0 Å². The Kier molecular flexibility index (Phi) is 9.32. The lowest BCUT2D eigenvalue weighted by atomic mass is 10.1. The maximum Gasteiger partial charge on any atom is 0.373 e. The van der Waals surface area contributed by atoms with E-state index in [1.165, 1.54) is 21.2 Å². The van der Waals surface area contributed by atoms with E-state index in [0.717, 1.165) is 6.42 Å². The number of aliphatic hydroxyl groups is 1. The number of benzene rings is 2. The highest BCUT2D eigenvalue weighted by Gasteiger charge is 2.38. The van der Waals surface area contributed by atoms with E-state index in [-0.39, 0.29) is 12.2 Å². The summed E-state index contributed by atoms with van der Waals surface area (Å²) in [4.78, 5) is 16.2. The molecule has 5 heteroatoms. The second kappa shape index (κ2) is 11.0. The van der Waals surface area contributed by atoms with Crippen molar-refractivity contribution in [3.8, 4) is 0 Å². The molecule has 0 aliphatic heterocycles. The number of nitrogens with two attached hydrogens (primary N) is 1. The molecule has 1 aliphatic rings. The highest BCUT2D eigenvalue weighted by molar-refractivity contribution is 9.10. The molecule has 4 nitrogen and oxygen atoms in total. The Morgan fingerprint density at radius 1 is 1.24 bits per heavy atom. The minimum absolute atomic E-state index is 0.159. The highest BCUT2D eigenvalue weighted by Crippen LogP contribution is 2.49. The van der Waals surface area contributed by atoms with Crippen molar-refractivity contribution in [2.75, 3.05) is 6.61 Å². The van der Waals surface area contributed by atoms with E-state index < -0.39 is 0 Å². The maximum atomic E-state index is 8.98. The predicted molar refractivity (Wildman–Crippen MR) is 101 cm³/mol. The number of aryl methyl sites for hydroxylation is 1. The van der Waals surface area contributed by atoms with Crippen molar-refractivity contribution in [2.45, 2.75) is 32.2 Å². The number of aliphatic hydroxyl groups excluding tert-OH is 1. The van der Waals surface area contributed by atoms with Crippen molar-refractivity contribution < 1.29 is 14.7 Å². The highest BCUT2D eigenvalue weighted by atomic mass is 79.9. The lowest BCUT2D eigenvalue weighted by Crippen LogP contribution is -2.03. The van der Waals surface area contributed by atoms with Crippen LogP contribution in [0.4, 0.5) is 0 Å². The van der Waals surface area contributed by atoms with Crippen LogP contribution in [0.3, 0.4) is 0 Å². The van der Waals surface area contributed by atoms with Gasteiger partial charge in [-0.3, -0.25) is 0 Å². The van der Waals surface area contributed by atoms with Crippen molar-refractivity contribution in [3.05, 3.63) is 69.7 Å². The van der Waals surface area contributed by atoms with Gasteiger partial charge in [-0.15, -0.1) is 0 Å². The van der Waals surface area contributed by atoms with Gasteiger partial charge in [-0.1, -0.05) is 64.0 Å². The zero-order valence-corrected chi connectivity index (χ0v) is 16.1. The summed E-state index contributed by atoms with van der Waals surface area (Å²) in [5.74, 6) is 1.08. The van der Waals surface area contributed by atoms with Gasteiger partial charge >= 0.3 is 6.15 Å². The second-order valence-electron chi connectivity index (χ2n) is 6.09. The summed E-state index contributed by atoms with van der Waals surface area (Å²) in [7, 11) is 0. The number of rotatable bonds is 3. The van der Waals surface area contributed by atoms with Crippen LogP contribution in [0.1, 0.15) is 42.0 Å². The van der Waals surface area contributed by atoms with Gasteiger partial charge in [0.25, 0.3) is 0 Å². The molecule has 0 amide bonds. The van der Waals surface area contributed by atoms with Crippen LogP contribution >= 0.6 is 15.9 Å². The van der Waals surface area contributed by atoms with E-state index in [2.05, 4.69) is 41.1 Å². The van der Waals surface area contributed by atoms with Gasteiger partial charge in [0, 0.05) is 17.1 Å². The molecule has 2 aromatic carbocycles. The molecule has 2 aromatic rings. The standard InChI is InChI=1S/C11H13BrO.C8H11N.CO2/c1-7-2-3-11(12)10(4-7)9-5-8(9)6-13;1-7(9)8-5-3-2-4-6-8;2-1-3/h2-4,8-9,13H,5-6H2,1H3;2-7H,9H2,1H3;/t8-,9-;7-;/m11./s1. The van der Waals surface area contributed by atoms with E-state index >= 15 is 0 Å². The van der Waals surface area contributed by atoms with Crippen LogP contribution in [0.15, 0.2) is 53.0 Å². The van der Waals surface area contributed by atoms with Gasteiger partial charge in [-0.25, -0.2) is 0 Å². The maximum absolute atomic E-state index is 8.98. The van der Waals surface area contributed by atoms with Crippen molar-refractivity contribution in [1.29, 1.82) is 0 Å². The van der Waals surface area contributed by atoms with Crippen LogP contribution in [0, 0.1) is 12.8 Å².